The number of carboxylic acid groups (broad SMARTS) is 1. The van der Waals surface area contributed by atoms with Crippen LogP contribution in [0.5, 0.6) is 5.75 Å². The number of aliphatic hydroxyl groups excluding tert-OH is 1. The number of carboxylic acids is 1. The van der Waals surface area contributed by atoms with Gasteiger partial charge in [-0.15, -0.1) is 0 Å². The van der Waals surface area contributed by atoms with Crippen LogP contribution in [0.4, 0.5) is 0 Å². The van der Waals surface area contributed by atoms with Gasteiger partial charge >= 0.3 is 5.97 Å². The second kappa shape index (κ2) is 8.04. The van der Waals surface area contributed by atoms with E-state index < -0.39 is 5.97 Å². The molecule has 2 aliphatic rings. The van der Waals surface area contributed by atoms with Crippen molar-refractivity contribution in [2.24, 2.45) is 0 Å². The highest BCUT2D eigenvalue weighted by Gasteiger charge is 2.28. The minimum absolute atomic E-state index is 0.0757. The van der Waals surface area contributed by atoms with Crippen molar-refractivity contribution in [3.63, 3.8) is 0 Å². The van der Waals surface area contributed by atoms with Crippen LogP contribution in [0.1, 0.15) is 71.9 Å². The summed E-state index contributed by atoms with van der Waals surface area (Å²) in [5.74, 6) is 0.627. The van der Waals surface area contributed by atoms with Crippen LogP contribution in [0.25, 0.3) is 10.9 Å². The molecule has 1 saturated carbocycles. The Bertz CT molecular complexity index is 1130. The van der Waals surface area contributed by atoms with Crippen molar-refractivity contribution in [1.29, 1.82) is 0 Å². The summed E-state index contributed by atoms with van der Waals surface area (Å²) in [7, 11) is 0. The van der Waals surface area contributed by atoms with Crippen molar-refractivity contribution in [2.75, 3.05) is 0 Å². The summed E-state index contributed by atoms with van der Waals surface area (Å²) in [4.78, 5) is 14.6. The zero-order chi connectivity index (χ0) is 21.5. The second-order valence-electron chi connectivity index (χ2n) is 9.20. The van der Waals surface area contributed by atoms with Crippen molar-refractivity contribution >= 4 is 16.9 Å². The van der Waals surface area contributed by atoms with Crippen LogP contribution in [0.15, 0.2) is 36.4 Å². The lowest BCUT2D eigenvalue weighted by Crippen LogP contribution is -2.03. The van der Waals surface area contributed by atoms with E-state index >= 15 is 0 Å². The molecule has 0 amide bonds. The van der Waals surface area contributed by atoms with Crippen molar-refractivity contribution in [2.45, 2.75) is 70.0 Å². The number of fused-ring (bicyclic) bond motifs is 3. The van der Waals surface area contributed by atoms with E-state index in [2.05, 4.69) is 36.2 Å². The summed E-state index contributed by atoms with van der Waals surface area (Å²) in [5.41, 5.74) is 7.12. The fourth-order valence-corrected chi connectivity index (χ4v) is 5.53. The quantitative estimate of drug-likeness (QED) is 0.514. The number of hydrogen-bond acceptors (Lipinski definition) is 3. The van der Waals surface area contributed by atoms with Gasteiger partial charge in [-0.05, 0) is 85.4 Å². The summed E-state index contributed by atoms with van der Waals surface area (Å²) in [6, 6.07) is 12.6. The maximum absolute atomic E-state index is 11.1. The molecule has 1 aromatic heterocycles. The number of aliphatic carboxylic acids is 1. The number of aryl methyl sites for hydroxylation is 2. The average Bonchev–Trinajstić information content (AvgIpc) is 3.42. The van der Waals surface area contributed by atoms with Crippen molar-refractivity contribution in [1.82, 2.24) is 4.98 Å². The molecular weight excluding hydrogens is 390 g/mol. The number of benzene rings is 2. The highest BCUT2D eigenvalue weighted by Crippen LogP contribution is 2.40. The average molecular weight is 420 g/mol. The van der Waals surface area contributed by atoms with Crippen molar-refractivity contribution < 1.29 is 19.7 Å². The van der Waals surface area contributed by atoms with E-state index in [9.17, 15) is 9.90 Å². The first kappa shape index (κ1) is 20.1. The third-order valence-electron chi connectivity index (χ3n) is 7.07. The van der Waals surface area contributed by atoms with Crippen molar-refractivity contribution in [3.8, 4) is 5.75 Å². The normalized spacial score (nSPS) is 22.7. The zero-order valence-electron chi connectivity index (χ0n) is 17.9. The molecule has 2 aliphatic carbocycles. The molecule has 0 aliphatic heterocycles. The van der Waals surface area contributed by atoms with Crippen LogP contribution < -0.4 is 4.74 Å². The molecular formula is C26H29NO4. The SMILES string of the molecule is Cc1cc(COc2ccc3[nH]c4c(c3c2)CC[C@@H]4CC(=O)O)ccc1[C@@H]1CC[C@@H](O)C1. The first-order valence-corrected chi connectivity index (χ1v) is 11.2. The van der Waals surface area contributed by atoms with Crippen LogP contribution in [-0.4, -0.2) is 27.3 Å². The molecule has 5 nitrogen and oxygen atoms in total. The lowest BCUT2D eigenvalue weighted by molar-refractivity contribution is -0.137. The van der Waals surface area contributed by atoms with Gasteiger partial charge in [0.2, 0.25) is 0 Å². The topological polar surface area (TPSA) is 82.6 Å². The molecule has 0 radical (unpaired) electrons. The van der Waals surface area contributed by atoms with Crippen LogP contribution in [0, 0.1) is 6.92 Å². The number of H-pyrrole nitrogens is 1. The van der Waals surface area contributed by atoms with E-state index in [0.717, 1.165) is 60.0 Å². The number of rotatable bonds is 6. The molecule has 5 rings (SSSR count). The molecule has 0 spiro atoms. The number of ether oxygens (including phenoxy) is 1. The minimum atomic E-state index is -0.744. The minimum Gasteiger partial charge on any atom is -0.489 e. The first-order chi connectivity index (χ1) is 15.0. The molecule has 5 heteroatoms. The van der Waals surface area contributed by atoms with E-state index in [-0.39, 0.29) is 18.4 Å². The molecule has 0 unspecified atom stereocenters. The lowest BCUT2D eigenvalue weighted by Gasteiger charge is -2.15. The predicted octanol–water partition coefficient (Wildman–Crippen LogP) is 5.19. The molecule has 2 aromatic carbocycles. The number of aromatic nitrogens is 1. The fourth-order valence-electron chi connectivity index (χ4n) is 5.53. The Balaban J connectivity index is 1.30. The van der Waals surface area contributed by atoms with Gasteiger partial charge in [-0.2, -0.15) is 0 Å². The first-order valence-electron chi connectivity index (χ1n) is 11.2. The standard InChI is InChI=1S/C26H29NO4/c1-15-10-16(2-7-21(15)17-3-5-19(28)11-17)14-31-20-6-9-24-23(13-20)22-8-4-18(12-25(29)30)26(22)27-24/h2,6-7,9-10,13,17-19,27-28H,3-5,8,11-12,14H2,1H3,(H,29,30)/t17-,18-,19-/m1/s1. The maximum Gasteiger partial charge on any atom is 0.304 e. The monoisotopic (exact) mass is 419 g/mol. The molecule has 1 fully saturated rings. The van der Waals surface area contributed by atoms with Crippen LogP contribution in [-0.2, 0) is 17.8 Å². The number of nitrogens with one attached hydrogen (secondary N) is 1. The van der Waals surface area contributed by atoms with Gasteiger partial charge in [0.15, 0.2) is 0 Å². The summed E-state index contributed by atoms with van der Waals surface area (Å²) in [5, 5.41) is 20.1. The molecule has 3 atom stereocenters. The van der Waals surface area contributed by atoms with Gasteiger partial charge in [0.1, 0.15) is 12.4 Å². The number of aliphatic hydroxyl groups is 1. The molecule has 0 bridgehead atoms. The molecule has 1 heterocycles. The number of aromatic amines is 1. The van der Waals surface area contributed by atoms with Gasteiger partial charge in [-0.3, -0.25) is 4.79 Å². The summed E-state index contributed by atoms with van der Waals surface area (Å²) < 4.78 is 6.11. The molecule has 3 N–H and O–H groups in total. The number of carbonyl (C=O) groups is 1. The fraction of sp³-hybridized carbons (Fsp3) is 0.423. The van der Waals surface area contributed by atoms with Gasteiger partial charge < -0.3 is 19.9 Å². The molecule has 31 heavy (non-hydrogen) atoms. The van der Waals surface area contributed by atoms with Crippen LogP contribution in [0.2, 0.25) is 0 Å². The Morgan fingerprint density at radius 2 is 2.03 bits per heavy atom. The van der Waals surface area contributed by atoms with Crippen molar-refractivity contribution in [3.05, 3.63) is 64.3 Å². The predicted molar refractivity (Wildman–Crippen MR) is 120 cm³/mol. The Hall–Kier alpha value is -2.79. The van der Waals surface area contributed by atoms with Gasteiger partial charge in [0.05, 0.1) is 12.5 Å². The molecule has 162 valence electrons. The summed E-state index contributed by atoms with van der Waals surface area (Å²) in [6.07, 6.45) is 4.65. The largest absolute Gasteiger partial charge is 0.489 e. The smallest absolute Gasteiger partial charge is 0.304 e. The highest BCUT2D eigenvalue weighted by molar-refractivity contribution is 5.87. The molecule has 3 aromatic rings. The second-order valence-corrected chi connectivity index (χ2v) is 9.20. The third kappa shape index (κ3) is 3.94. The maximum atomic E-state index is 11.1. The Morgan fingerprint density at radius 3 is 2.77 bits per heavy atom. The highest BCUT2D eigenvalue weighted by atomic mass is 16.5. The number of hydrogen-bond donors (Lipinski definition) is 3. The Labute approximate surface area is 182 Å². The van der Waals surface area contributed by atoms with E-state index in [1.165, 1.54) is 16.7 Å². The van der Waals surface area contributed by atoms with E-state index in [4.69, 9.17) is 9.84 Å². The van der Waals surface area contributed by atoms with Gasteiger partial charge in [0.25, 0.3) is 0 Å². The Morgan fingerprint density at radius 1 is 1.16 bits per heavy atom. The van der Waals surface area contributed by atoms with Gasteiger partial charge in [-0.25, -0.2) is 0 Å². The zero-order valence-corrected chi connectivity index (χ0v) is 17.9. The molecule has 0 saturated heterocycles. The Kier molecular flexibility index (Phi) is 5.22. The third-order valence-corrected chi connectivity index (χ3v) is 7.07. The summed E-state index contributed by atoms with van der Waals surface area (Å²) in [6.45, 7) is 2.65. The van der Waals surface area contributed by atoms with Gasteiger partial charge in [-0.1, -0.05) is 18.2 Å². The van der Waals surface area contributed by atoms with E-state index in [0.29, 0.717) is 12.5 Å². The van der Waals surface area contributed by atoms with Crippen LogP contribution in [0.3, 0.4) is 0 Å². The summed E-state index contributed by atoms with van der Waals surface area (Å²) >= 11 is 0. The van der Waals surface area contributed by atoms with Crippen LogP contribution >= 0.6 is 0 Å². The van der Waals surface area contributed by atoms with Gasteiger partial charge in [0, 0.05) is 22.5 Å². The van der Waals surface area contributed by atoms with E-state index in [1.54, 1.807) is 0 Å². The van der Waals surface area contributed by atoms with E-state index in [1.807, 2.05) is 12.1 Å². The lowest BCUT2D eigenvalue weighted by atomic mass is 9.92.